The molecular weight excluding hydrogens is 410 g/mol. The molecule has 5 aromatic rings. The number of carbonyl (C=O) groups excluding carboxylic acids is 1. The number of carbonyl (C=O) groups is 1. The maximum atomic E-state index is 12.5. The summed E-state index contributed by atoms with van der Waals surface area (Å²) in [7, 11) is 0. The van der Waals surface area contributed by atoms with E-state index in [-0.39, 0.29) is 12.5 Å². The van der Waals surface area contributed by atoms with E-state index in [4.69, 9.17) is 4.42 Å². The van der Waals surface area contributed by atoms with Crippen molar-refractivity contribution in [2.24, 2.45) is 0 Å². The van der Waals surface area contributed by atoms with Gasteiger partial charge in [-0.25, -0.2) is 9.78 Å². The van der Waals surface area contributed by atoms with Crippen LogP contribution in [0.4, 0.5) is 5.13 Å². The molecule has 152 valence electrons. The van der Waals surface area contributed by atoms with Gasteiger partial charge in [0.05, 0.1) is 11.2 Å². The lowest BCUT2D eigenvalue weighted by atomic mass is 10.0. The first kappa shape index (κ1) is 19.0. The van der Waals surface area contributed by atoms with Crippen molar-refractivity contribution in [1.82, 2.24) is 9.55 Å². The van der Waals surface area contributed by atoms with E-state index in [1.165, 1.54) is 15.9 Å². The molecule has 31 heavy (non-hydrogen) atoms. The van der Waals surface area contributed by atoms with E-state index in [1.54, 1.807) is 24.3 Å². The Hall–Kier alpha value is -3.97. The summed E-state index contributed by atoms with van der Waals surface area (Å²) in [6, 6.07) is 25.3. The molecule has 0 aliphatic rings. The molecule has 0 radical (unpaired) electrons. The summed E-state index contributed by atoms with van der Waals surface area (Å²) >= 11 is 1.34. The number of amides is 1. The number of para-hydroxylation sites is 2. The van der Waals surface area contributed by atoms with Gasteiger partial charge < -0.3 is 9.73 Å². The summed E-state index contributed by atoms with van der Waals surface area (Å²) in [5.41, 5.74) is 5.07. The molecule has 1 N–H and O–H groups in total. The number of thiazole rings is 1. The second kappa shape index (κ2) is 8.04. The second-order valence-electron chi connectivity index (χ2n) is 6.95. The number of hydrogen-bond acceptors (Lipinski definition) is 5. The number of oxazole rings is 1. The first-order valence-corrected chi connectivity index (χ1v) is 10.5. The fourth-order valence-corrected chi connectivity index (χ4v) is 4.13. The summed E-state index contributed by atoms with van der Waals surface area (Å²) in [6.45, 7) is -0.142. The minimum Gasteiger partial charge on any atom is -0.408 e. The molecule has 1 amide bonds. The molecule has 0 saturated carbocycles. The van der Waals surface area contributed by atoms with Crippen LogP contribution in [-0.2, 0) is 11.3 Å². The Morgan fingerprint density at radius 1 is 0.903 bits per heavy atom. The maximum Gasteiger partial charge on any atom is 0.420 e. The van der Waals surface area contributed by atoms with Crippen LogP contribution in [0.5, 0.6) is 0 Å². The normalized spacial score (nSPS) is 11.0. The Labute approximate surface area is 181 Å². The average Bonchev–Trinajstić information content (AvgIpc) is 3.39. The molecule has 2 heterocycles. The Morgan fingerprint density at radius 3 is 2.39 bits per heavy atom. The number of hydrogen-bond donors (Lipinski definition) is 1. The van der Waals surface area contributed by atoms with Crippen molar-refractivity contribution in [1.29, 1.82) is 0 Å². The molecule has 7 heteroatoms. The van der Waals surface area contributed by atoms with E-state index in [0.717, 1.165) is 22.4 Å². The van der Waals surface area contributed by atoms with Gasteiger partial charge in [-0.05, 0) is 23.3 Å². The van der Waals surface area contributed by atoms with Crippen molar-refractivity contribution in [2.45, 2.75) is 6.54 Å². The number of fused-ring (bicyclic) bond motifs is 1. The topological polar surface area (TPSA) is 77.1 Å². The zero-order chi connectivity index (χ0) is 21.2. The minimum atomic E-state index is -0.560. The first-order valence-electron chi connectivity index (χ1n) is 9.67. The number of anilines is 1. The Balaban J connectivity index is 1.30. The number of aromatic nitrogens is 2. The number of benzene rings is 3. The van der Waals surface area contributed by atoms with Gasteiger partial charge in [-0.1, -0.05) is 66.7 Å². The fourth-order valence-electron chi connectivity index (χ4n) is 3.39. The van der Waals surface area contributed by atoms with E-state index in [1.807, 2.05) is 35.7 Å². The Bertz CT molecular complexity index is 1420. The quantitative estimate of drug-likeness (QED) is 0.427. The van der Waals surface area contributed by atoms with Crippen LogP contribution in [0.1, 0.15) is 0 Å². The highest BCUT2D eigenvalue weighted by molar-refractivity contribution is 7.14. The van der Waals surface area contributed by atoms with Crippen molar-refractivity contribution < 1.29 is 9.21 Å². The van der Waals surface area contributed by atoms with Gasteiger partial charge in [-0.3, -0.25) is 9.36 Å². The van der Waals surface area contributed by atoms with Crippen LogP contribution in [0, 0.1) is 0 Å². The maximum absolute atomic E-state index is 12.5. The molecular formula is C24H17N3O3S. The van der Waals surface area contributed by atoms with Gasteiger partial charge >= 0.3 is 5.76 Å². The predicted molar refractivity (Wildman–Crippen MR) is 122 cm³/mol. The van der Waals surface area contributed by atoms with Crippen LogP contribution in [0.25, 0.3) is 33.5 Å². The van der Waals surface area contributed by atoms with E-state index < -0.39 is 5.76 Å². The van der Waals surface area contributed by atoms with Crippen LogP contribution in [0.15, 0.2) is 93.5 Å². The molecule has 0 atom stereocenters. The van der Waals surface area contributed by atoms with E-state index >= 15 is 0 Å². The third kappa shape index (κ3) is 3.91. The van der Waals surface area contributed by atoms with Gasteiger partial charge in [0.15, 0.2) is 10.7 Å². The molecule has 0 bridgehead atoms. The van der Waals surface area contributed by atoms with Crippen LogP contribution in [0.3, 0.4) is 0 Å². The van der Waals surface area contributed by atoms with E-state index in [2.05, 4.69) is 34.6 Å². The summed E-state index contributed by atoms with van der Waals surface area (Å²) in [4.78, 5) is 29.0. The second-order valence-corrected chi connectivity index (χ2v) is 7.81. The van der Waals surface area contributed by atoms with Crippen molar-refractivity contribution in [2.75, 3.05) is 5.32 Å². The highest BCUT2D eigenvalue weighted by Gasteiger charge is 2.14. The third-order valence-electron chi connectivity index (χ3n) is 4.91. The van der Waals surface area contributed by atoms with Crippen molar-refractivity contribution in [3.8, 4) is 22.4 Å². The third-order valence-corrected chi connectivity index (χ3v) is 5.67. The lowest BCUT2D eigenvalue weighted by molar-refractivity contribution is -0.116. The predicted octanol–water partition coefficient (Wildman–Crippen LogP) is 5.02. The smallest absolute Gasteiger partial charge is 0.408 e. The van der Waals surface area contributed by atoms with Gasteiger partial charge in [-0.2, -0.15) is 0 Å². The van der Waals surface area contributed by atoms with Gasteiger partial charge in [0.2, 0.25) is 5.91 Å². The molecule has 0 fully saturated rings. The van der Waals surface area contributed by atoms with Gasteiger partial charge in [0.25, 0.3) is 0 Å². The molecule has 0 spiro atoms. The number of nitrogens with zero attached hydrogens (tertiary/aromatic N) is 2. The molecule has 0 saturated heterocycles. The summed E-state index contributed by atoms with van der Waals surface area (Å²) in [5.74, 6) is -0.899. The summed E-state index contributed by atoms with van der Waals surface area (Å²) in [6.07, 6.45) is 0. The molecule has 6 nitrogen and oxygen atoms in total. The minimum absolute atomic E-state index is 0.142. The Morgan fingerprint density at radius 2 is 1.58 bits per heavy atom. The van der Waals surface area contributed by atoms with E-state index in [0.29, 0.717) is 16.2 Å². The Kier molecular flexibility index (Phi) is 4.93. The average molecular weight is 427 g/mol. The SMILES string of the molecule is O=C(Cn1c(=O)oc2ccccc21)Nc1nc(-c2ccc(-c3ccccc3)cc2)cs1. The highest BCUT2D eigenvalue weighted by Crippen LogP contribution is 2.27. The zero-order valence-corrected chi connectivity index (χ0v) is 17.1. The molecule has 3 aromatic carbocycles. The van der Waals surface area contributed by atoms with Gasteiger partial charge in [0.1, 0.15) is 6.54 Å². The summed E-state index contributed by atoms with van der Waals surface area (Å²) in [5, 5.41) is 5.14. The van der Waals surface area contributed by atoms with E-state index in [9.17, 15) is 9.59 Å². The van der Waals surface area contributed by atoms with Crippen molar-refractivity contribution in [3.63, 3.8) is 0 Å². The largest absolute Gasteiger partial charge is 0.420 e. The van der Waals surface area contributed by atoms with Crippen LogP contribution < -0.4 is 11.1 Å². The van der Waals surface area contributed by atoms with Crippen molar-refractivity contribution >= 4 is 33.5 Å². The summed E-state index contributed by atoms with van der Waals surface area (Å²) < 4.78 is 6.48. The van der Waals surface area contributed by atoms with Crippen molar-refractivity contribution in [3.05, 3.63) is 94.8 Å². The molecule has 5 rings (SSSR count). The number of nitrogens with one attached hydrogen (secondary N) is 1. The number of rotatable bonds is 5. The zero-order valence-electron chi connectivity index (χ0n) is 16.3. The lowest BCUT2D eigenvalue weighted by Crippen LogP contribution is -2.24. The van der Waals surface area contributed by atoms with Crippen LogP contribution in [-0.4, -0.2) is 15.5 Å². The lowest BCUT2D eigenvalue weighted by Gasteiger charge is -2.03. The van der Waals surface area contributed by atoms with Crippen LogP contribution >= 0.6 is 11.3 Å². The van der Waals surface area contributed by atoms with Gasteiger partial charge in [0, 0.05) is 10.9 Å². The molecule has 2 aromatic heterocycles. The van der Waals surface area contributed by atoms with Crippen LogP contribution in [0.2, 0.25) is 0 Å². The first-order chi connectivity index (χ1) is 15.2. The highest BCUT2D eigenvalue weighted by atomic mass is 32.1. The monoisotopic (exact) mass is 427 g/mol. The molecule has 0 aliphatic heterocycles. The standard InChI is InChI=1S/C24H17N3O3S/c28-22(14-27-20-8-4-5-9-21(20)30-24(27)29)26-23-25-19(15-31-23)18-12-10-17(11-13-18)16-6-2-1-3-7-16/h1-13,15H,14H2,(H,25,26,28). The molecule has 0 aliphatic carbocycles. The fraction of sp³-hybridized carbons (Fsp3) is 0.0417. The molecule has 0 unspecified atom stereocenters. The van der Waals surface area contributed by atoms with Gasteiger partial charge in [-0.15, -0.1) is 11.3 Å².